The number of carbonyl (C=O) groups excluding carboxylic acids is 1. The Balaban J connectivity index is 1.90. The number of fused-ring (bicyclic) bond motifs is 1. The topological polar surface area (TPSA) is 107 Å². The molecule has 2 aromatic heterocycles. The first-order valence-electron chi connectivity index (χ1n) is 8.71. The average molecular weight is 388 g/mol. The summed E-state index contributed by atoms with van der Waals surface area (Å²) in [7, 11) is 0.873. The minimum absolute atomic E-state index is 0.102. The van der Waals surface area contributed by atoms with Crippen molar-refractivity contribution in [1.82, 2.24) is 14.3 Å². The Morgan fingerprint density at radius 3 is 3.07 bits per heavy atom. The maximum Gasteiger partial charge on any atom is 0.272 e. The normalized spacial score (nSPS) is 19.0. The highest BCUT2D eigenvalue weighted by molar-refractivity contribution is 7.84. The molecule has 9 heteroatoms. The monoisotopic (exact) mass is 388 g/mol. The third kappa shape index (κ3) is 4.07. The first-order valence-corrected chi connectivity index (χ1v) is 9.94. The molecule has 1 amide bonds. The van der Waals surface area contributed by atoms with E-state index in [0.717, 1.165) is 35.8 Å². The minimum Gasteiger partial charge on any atom is -0.345 e. The molecule has 3 heterocycles. The van der Waals surface area contributed by atoms with Crippen LogP contribution in [0.4, 0.5) is 10.1 Å². The van der Waals surface area contributed by atoms with Crippen LogP contribution in [0.15, 0.2) is 23.2 Å². The molecule has 0 saturated carbocycles. The molecule has 0 aliphatic carbocycles. The van der Waals surface area contributed by atoms with Crippen molar-refractivity contribution in [3.05, 3.63) is 41.2 Å². The molecule has 142 valence electrons. The maximum absolute atomic E-state index is 13.5. The molecular formula is C18H21FN6OS. The molecule has 1 aliphatic heterocycles. The van der Waals surface area contributed by atoms with Gasteiger partial charge in [0.2, 0.25) is 5.95 Å². The summed E-state index contributed by atoms with van der Waals surface area (Å²) in [5, 5.41) is 11.6. The van der Waals surface area contributed by atoms with Crippen LogP contribution in [0.1, 0.15) is 47.9 Å². The van der Waals surface area contributed by atoms with E-state index < -0.39 is 16.8 Å². The van der Waals surface area contributed by atoms with Crippen molar-refractivity contribution in [2.24, 2.45) is 7.05 Å². The molecule has 0 fully saturated rings. The van der Waals surface area contributed by atoms with Crippen LogP contribution in [0, 0.1) is 22.1 Å². The number of aryl methyl sites for hydroxylation is 1. The highest BCUT2D eigenvalue weighted by atomic mass is 32.2. The summed E-state index contributed by atoms with van der Waals surface area (Å²) in [6.07, 6.45) is 5.40. The molecule has 0 bridgehead atoms. The van der Waals surface area contributed by atoms with E-state index >= 15 is 0 Å². The van der Waals surface area contributed by atoms with Gasteiger partial charge in [-0.1, -0.05) is 13.3 Å². The lowest BCUT2D eigenvalue weighted by Crippen LogP contribution is -2.28. The van der Waals surface area contributed by atoms with Gasteiger partial charge in [0, 0.05) is 31.0 Å². The van der Waals surface area contributed by atoms with Gasteiger partial charge in [-0.05, 0) is 41.8 Å². The zero-order chi connectivity index (χ0) is 19.6. The van der Waals surface area contributed by atoms with Gasteiger partial charge in [0.05, 0.1) is 4.90 Å². The fraction of sp³-hybridized carbons (Fsp3) is 0.389. The largest absolute Gasteiger partial charge is 0.345 e. The minimum atomic E-state index is -0.889. The van der Waals surface area contributed by atoms with Crippen molar-refractivity contribution in [1.29, 1.82) is 10.0 Å². The SMILES string of the molecule is CCCC1CCc2c(cn(C)c2C(=O)Nc2cc(F)nc(C#N)c2)S(=N)N1. The van der Waals surface area contributed by atoms with E-state index in [1.165, 1.54) is 6.07 Å². The third-order valence-corrected chi connectivity index (χ3v) is 5.87. The quantitative estimate of drug-likeness (QED) is 0.700. The van der Waals surface area contributed by atoms with Crippen molar-refractivity contribution in [2.75, 3.05) is 5.32 Å². The number of halogens is 1. The Bertz CT molecular complexity index is 948. The molecule has 7 nitrogen and oxygen atoms in total. The number of pyridine rings is 1. The predicted molar refractivity (Wildman–Crippen MR) is 101 cm³/mol. The number of nitrogens with zero attached hydrogens (tertiary/aromatic N) is 3. The number of nitrogens with one attached hydrogen (secondary N) is 3. The molecule has 0 radical (unpaired) electrons. The predicted octanol–water partition coefficient (Wildman–Crippen LogP) is 3.04. The fourth-order valence-electron chi connectivity index (χ4n) is 3.34. The Morgan fingerprint density at radius 2 is 2.37 bits per heavy atom. The number of rotatable bonds is 4. The summed E-state index contributed by atoms with van der Waals surface area (Å²) in [4.78, 5) is 17.1. The Labute approximate surface area is 159 Å². The second-order valence-corrected chi connectivity index (χ2v) is 7.80. The van der Waals surface area contributed by atoms with Crippen LogP contribution in [0.3, 0.4) is 0 Å². The van der Waals surface area contributed by atoms with Crippen molar-refractivity contribution in [3.8, 4) is 6.07 Å². The van der Waals surface area contributed by atoms with Crippen molar-refractivity contribution in [2.45, 2.75) is 43.5 Å². The average Bonchev–Trinajstić information content (AvgIpc) is 2.88. The van der Waals surface area contributed by atoms with E-state index in [1.807, 2.05) is 6.20 Å². The van der Waals surface area contributed by atoms with Gasteiger partial charge in [-0.3, -0.25) is 9.57 Å². The van der Waals surface area contributed by atoms with E-state index in [0.29, 0.717) is 12.1 Å². The lowest BCUT2D eigenvalue weighted by Gasteiger charge is -2.15. The van der Waals surface area contributed by atoms with Gasteiger partial charge in [-0.2, -0.15) is 9.65 Å². The van der Waals surface area contributed by atoms with Gasteiger partial charge in [0.1, 0.15) is 17.5 Å². The summed E-state index contributed by atoms with van der Waals surface area (Å²) >= 11 is 0. The lowest BCUT2D eigenvalue weighted by atomic mass is 10.0. The van der Waals surface area contributed by atoms with Crippen LogP contribution in [0.2, 0.25) is 0 Å². The summed E-state index contributed by atoms with van der Waals surface area (Å²) < 4.78 is 27.0. The number of amides is 1. The molecule has 2 aromatic rings. The third-order valence-electron chi connectivity index (χ3n) is 4.51. The molecule has 0 spiro atoms. The molecule has 2 unspecified atom stereocenters. The highest BCUT2D eigenvalue weighted by Crippen LogP contribution is 2.27. The van der Waals surface area contributed by atoms with Crippen LogP contribution in [-0.4, -0.2) is 21.5 Å². The number of nitriles is 1. The fourth-order valence-corrected chi connectivity index (χ4v) is 4.74. The Morgan fingerprint density at radius 1 is 1.59 bits per heavy atom. The van der Waals surface area contributed by atoms with Gasteiger partial charge >= 0.3 is 0 Å². The molecule has 0 saturated heterocycles. The Kier molecular flexibility index (Phi) is 5.68. The zero-order valence-electron chi connectivity index (χ0n) is 15.2. The first-order chi connectivity index (χ1) is 12.9. The molecule has 1 aliphatic rings. The first kappa shape index (κ1) is 19.2. The van der Waals surface area contributed by atoms with Gasteiger partial charge in [0.25, 0.3) is 5.91 Å². The number of hydrogen-bond acceptors (Lipinski definition) is 4. The Hall–Kier alpha value is -2.57. The number of carbonyl (C=O) groups is 1. The smallest absolute Gasteiger partial charge is 0.272 e. The van der Waals surface area contributed by atoms with E-state index in [-0.39, 0.29) is 23.3 Å². The van der Waals surface area contributed by atoms with Crippen molar-refractivity contribution < 1.29 is 9.18 Å². The summed E-state index contributed by atoms with van der Waals surface area (Å²) in [6, 6.07) is 4.44. The highest BCUT2D eigenvalue weighted by Gasteiger charge is 2.26. The lowest BCUT2D eigenvalue weighted by molar-refractivity contribution is 0.101. The van der Waals surface area contributed by atoms with Gasteiger partial charge in [-0.15, -0.1) is 0 Å². The summed E-state index contributed by atoms with van der Waals surface area (Å²) in [5.74, 6) is -1.21. The van der Waals surface area contributed by atoms with Gasteiger partial charge in [0.15, 0.2) is 0 Å². The van der Waals surface area contributed by atoms with E-state index in [4.69, 9.17) is 10.0 Å². The van der Waals surface area contributed by atoms with Crippen LogP contribution in [0.25, 0.3) is 0 Å². The van der Waals surface area contributed by atoms with Crippen molar-refractivity contribution >= 4 is 22.5 Å². The molecule has 2 atom stereocenters. The van der Waals surface area contributed by atoms with Crippen LogP contribution >= 0.6 is 0 Å². The zero-order valence-corrected chi connectivity index (χ0v) is 16.0. The van der Waals surface area contributed by atoms with Crippen LogP contribution in [0.5, 0.6) is 0 Å². The van der Waals surface area contributed by atoms with Gasteiger partial charge < -0.3 is 9.88 Å². The van der Waals surface area contributed by atoms with E-state index in [1.54, 1.807) is 17.7 Å². The molecular weight excluding hydrogens is 367 g/mol. The molecule has 0 aromatic carbocycles. The molecule has 3 N–H and O–H groups in total. The standard InChI is InChI=1S/C18H21FN6OS/c1-3-4-11-5-6-14-15(27(21)24-11)10-25(2)17(14)18(26)23-12-7-13(9-20)22-16(19)8-12/h7-8,10-11H,3-6H2,1-2H3,(H2,21,24)(H,22,23,26). The number of anilines is 1. The van der Waals surface area contributed by atoms with E-state index in [2.05, 4.69) is 21.9 Å². The van der Waals surface area contributed by atoms with Gasteiger partial charge in [-0.25, -0.2) is 9.71 Å². The summed E-state index contributed by atoms with van der Waals surface area (Å²) in [5.41, 5.74) is 1.40. The second-order valence-electron chi connectivity index (χ2n) is 6.51. The van der Waals surface area contributed by atoms with Crippen LogP contribution < -0.4 is 10.0 Å². The molecule has 27 heavy (non-hydrogen) atoms. The summed E-state index contributed by atoms with van der Waals surface area (Å²) in [6.45, 7) is 2.12. The van der Waals surface area contributed by atoms with Crippen LogP contribution in [-0.2, 0) is 24.3 Å². The molecule has 3 rings (SSSR count). The number of aromatic nitrogens is 2. The second kappa shape index (κ2) is 7.98. The maximum atomic E-state index is 13.5. The van der Waals surface area contributed by atoms with Crippen molar-refractivity contribution in [3.63, 3.8) is 0 Å². The number of hydrogen-bond donors (Lipinski definition) is 3. The van der Waals surface area contributed by atoms with E-state index in [9.17, 15) is 9.18 Å².